The molecule has 188 valence electrons. The number of nitrogens with zero attached hydrogens (tertiary/aromatic N) is 3. The van der Waals surface area contributed by atoms with Gasteiger partial charge in [0.2, 0.25) is 0 Å². The summed E-state index contributed by atoms with van der Waals surface area (Å²) < 4.78 is 38.3. The van der Waals surface area contributed by atoms with Crippen molar-refractivity contribution in [3.8, 4) is 0 Å². The zero-order valence-corrected chi connectivity index (χ0v) is 19.7. The van der Waals surface area contributed by atoms with Gasteiger partial charge in [0.25, 0.3) is 11.9 Å². The Balaban J connectivity index is 1.72. The predicted molar refractivity (Wildman–Crippen MR) is 126 cm³/mol. The molecule has 1 aromatic heterocycles. The molecule has 0 radical (unpaired) electrons. The van der Waals surface area contributed by atoms with Crippen LogP contribution in [0.3, 0.4) is 0 Å². The third kappa shape index (κ3) is 5.35. The quantitative estimate of drug-likeness (QED) is 0.535. The summed E-state index contributed by atoms with van der Waals surface area (Å²) in [6, 6.07) is 7.06. The second kappa shape index (κ2) is 10.5. The molecule has 0 saturated heterocycles. The molecule has 1 atom stereocenters. The Hall–Kier alpha value is -3.31. The fraction of sp³-hybridized carbons (Fsp3) is 0.391. The van der Waals surface area contributed by atoms with Crippen LogP contribution in [0.5, 0.6) is 0 Å². The number of hydrogen-bond acceptors (Lipinski definition) is 7. The summed E-state index contributed by atoms with van der Waals surface area (Å²) in [7, 11) is 1.53. The molecule has 0 fully saturated rings. The zero-order chi connectivity index (χ0) is 25.1. The lowest BCUT2D eigenvalue weighted by Crippen LogP contribution is -2.42. The number of hydrogen-bond donors (Lipinski definition) is 2. The Bertz CT molecular complexity index is 1260. The number of nitrogens with one attached hydrogen (secondary N) is 1. The molecule has 1 aliphatic heterocycles. The van der Waals surface area contributed by atoms with Gasteiger partial charge in [0, 0.05) is 44.3 Å². The minimum Gasteiger partial charge on any atom is -0.456 e. The van der Waals surface area contributed by atoms with Gasteiger partial charge < -0.3 is 24.8 Å². The largest absolute Gasteiger partial charge is 0.456 e. The van der Waals surface area contributed by atoms with Crippen LogP contribution in [0.25, 0.3) is 0 Å². The van der Waals surface area contributed by atoms with E-state index in [2.05, 4.69) is 10.1 Å². The highest BCUT2D eigenvalue weighted by Crippen LogP contribution is 2.34. The van der Waals surface area contributed by atoms with Gasteiger partial charge in [-0.1, -0.05) is 23.7 Å². The second-order valence-corrected chi connectivity index (χ2v) is 8.51. The van der Waals surface area contributed by atoms with Crippen LogP contribution in [0, 0.1) is 0 Å². The van der Waals surface area contributed by atoms with E-state index in [1.807, 2.05) is 0 Å². The number of aliphatic hydroxyl groups excluding tert-OH is 1. The predicted octanol–water partition coefficient (Wildman–Crippen LogP) is 3.12. The van der Waals surface area contributed by atoms with Crippen LogP contribution in [0.4, 0.5) is 20.3 Å². The van der Waals surface area contributed by atoms with Crippen molar-refractivity contribution >= 4 is 23.1 Å². The first-order chi connectivity index (χ1) is 16.8. The van der Waals surface area contributed by atoms with Gasteiger partial charge >= 0.3 is 12.3 Å². The molecule has 0 bridgehead atoms. The second-order valence-electron chi connectivity index (χ2n) is 8.08. The molecule has 9 nitrogen and oxygen atoms in total. The molecule has 0 saturated carbocycles. The van der Waals surface area contributed by atoms with Crippen molar-refractivity contribution in [3.63, 3.8) is 0 Å². The molecule has 4 rings (SSSR count). The first-order valence-electron chi connectivity index (χ1n) is 11.0. The molecule has 2 heterocycles. The smallest absolute Gasteiger partial charge is 0.387 e. The average Bonchev–Trinajstić information content (AvgIpc) is 3.17. The summed E-state index contributed by atoms with van der Waals surface area (Å²) >= 11 is 6.01. The summed E-state index contributed by atoms with van der Waals surface area (Å²) in [5.74, 6) is 0.662. The van der Waals surface area contributed by atoms with Gasteiger partial charge in [-0.3, -0.25) is 13.9 Å². The Morgan fingerprint density at radius 1 is 1.26 bits per heavy atom. The SMILES string of the molecule is Cn1c2c(c(=O)n(CCCO)c1=O)N(Cc1ccc(Cl)cc1)C(OC1=CC(OC(F)F)=CCC1)N2. The number of aromatic nitrogens is 2. The molecule has 1 aromatic carbocycles. The molecule has 0 spiro atoms. The standard InChI is InChI=1S/C23H25ClF2N4O5/c1-28-19-18(20(32)29(23(28)33)10-3-11-31)30(13-14-6-8-15(24)9-7-14)22(27-19)35-17-5-2-4-16(12-17)34-21(25)26/h4,6-9,12,21-22,27,31H,2-3,5,10-11,13H2,1H3. The minimum atomic E-state index is -2.96. The summed E-state index contributed by atoms with van der Waals surface area (Å²) in [5, 5.41) is 12.8. The number of halogens is 3. The number of benzene rings is 1. The Morgan fingerprint density at radius 2 is 2.00 bits per heavy atom. The molecule has 12 heteroatoms. The molecule has 35 heavy (non-hydrogen) atoms. The highest BCUT2D eigenvalue weighted by atomic mass is 35.5. The Morgan fingerprint density at radius 3 is 2.69 bits per heavy atom. The van der Waals surface area contributed by atoms with E-state index in [1.54, 1.807) is 35.2 Å². The molecular formula is C23H25ClF2N4O5. The van der Waals surface area contributed by atoms with E-state index in [1.165, 1.54) is 17.7 Å². The van der Waals surface area contributed by atoms with Gasteiger partial charge in [0.15, 0.2) is 0 Å². The van der Waals surface area contributed by atoms with E-state index >= 15 is 0 Å². The highest BCUT2D eigenvalue weighted by molar-refractivity contribution is 6.30. The summed E-state index contributed by atoms with van der Waals surface area (Å²) in [4.78, 5) is 27.9. The minimum absolute atomic E-state index is 0.000212. The van der Waals surface area contributed by atoms with Crippen LogP contribution in [0.15, 0.2) is 57.5 Å². The van der Waals surface area contributed by atoms with Crippen LogP contribution < -0.4 is 21.5 Å². The number of rotatable bonds is 9. The monoisotopic (exact) mass is 510 g/mol. The third-order valence-corrected chi connectivity index (χ3v) is 5.94. The topological polar surface area (TPSA) is 98.0 Å². The van der Waals surface area contributed by atoms with Gasteiger partial charge in [-0.05, 0) is 36.6 Å². The Kier molecular flexibility index (Phi) is 7.46. The molecule has 2 aromatic rings. The Labute approximate surface area is 204 Å². The molecule has 1 unspecified atom stereocenters. The number of aliphatic hydroxyl groups is 1. The molecule has 1 aliphatic carbocycles. The van der Waals surface area contributed by atoms with Crippen molar-refractivity contribution in [2.45, 2.75) is 45.3 Å². The number of anilines is 2. The van der Waals surface area contributed by atoms with Gasteiger partial charge in [0.1, 0.15) is 23.0 Å². The number of allylic oxidation sites excluding steroid dienone is 3. The van der Waals surface area contributed by atoms with Crippen molar-refractivity contribution in [3.05, 3.63) is 79.4 Å². The fourth-order valence-corrected chi connectivity index (χ4v) is 4.15. The van der Waals surface area contributed by atoms with Gasteiger partial charge in [-0.2, -0.15) is 8.78 Å². The molecule has 2 aliphatic rings. The normalized spacial score (nSPS) is 17.1. The summed E-state index contributed by atoms with van der Waals surface area (Å²) in [6.07, 6.45) is 3.16. The number of alkyl halides is 2. The summed E-state index contributed by atoms with van der Waals surface area (Å²) in [6.45, 7) is -2.84. The summed E-state index contributed by atoms with van der Waals surface area (Å²) in [5.41, 5.74) is -0.00867. The van der Waals surface area contributed by atoms with E-state index < -0.39 is 24.2 Å². The first-order valence-corrected chi connectivity index (χ1v) is 11.4. The first kappa shape index (κ1) is 24.8. The van der Waals surface area contributed by atoms with Crippen LogP contribution in [-0.2, 0) is 29.6 Å². The van der Waals surface area contributed by atoms with Crippen molar-refractivity contribution in [1.29, 1.82) is 0 Å². The van der Waals surface area contributed by atoms with Gasteiger partial charge in [0.05, 0.1) is 0 Å². The van der Waals surface area contributed by atoms with Crippen LogP contribution in [0.1, 0.15) is 24.8 Å². The molecule has 0 amide bonds. The lowest BCUT2D eigenvalue weighted by molar-refractivity contribution is -0.0930. The van der Waals surface area contributed by atoms with Crippen molar-refractivity contribution in [2.75, 3.05) is 16.8 Å². The van der Waals surface area contributed by atoms with Crippen molar-refractivity contribution < 1.29 is 23.4 Å². The highest BCUT2D eigenvalue weighted by Gasteiger charge is 2.37. The van der Waals surface area contributed by atoms with Crippen molar-refractivity contribution in [1.82, 2.24) is 9.13 Å². The maximum Gasteiger partial charge on any atom is 0.387 e. The van der Waals surface area contributed by atoms with E-state index in [0.29, 0.717) is 23.6 Å². The van der Waals surface area contributed by atoms with Crippen LogP contribution in [0.2, 0.25) is 5.02 Å². The van der Waals surface area contributed by atoms with Crippen molar-refractivity contribution in [2.24, 2.45) is 7.05 Å². The fourth-order valence-electron chi connectivity index (χ4n) is 4.02. The van der Waals surface area contributed by atoms with E-state index in [4.69, 9.17) is 16.3 Å². The maximum absolute atomic E-state index is 13.4. The van der Waals surface area contributed by atoms with Gasteiger partial charge in [-0.25, -0.2) is 4.79 Å². The maximum atomic E-state index is 13.4. The number of ether oxygens (including phenoxy) is 2. The third-order valence-electron chi connectivity index (χ3n) is 5.69. The lowest BCUT2D eigenvalue weighted by atomic mass is 10.1. The zero-order valence-electron chi connectivity index (χ0n) is 18.9. The average molecular weight is 511 g/mol. The number of fused-ring (bicyclic) bond motifs is 1. The van der Waals surface area contributed by atoms with Crippen LogP contribution in [-0.4, -0.2) is 33.8 Å². The van der Waals surface area contributed by atoms with Crippen LogP contribution >= 0.6 is 11.6 Å². The molecular weight excluding hydrogens is 486 g/mol. The molecule has 2 N–H and O–H groups in total. The lowest BCUT2D eigenvalue weighted by Gasteiger charge is -2.28. The van der Waals surface area contributed by atoms with E-state index in [-0.39, 0.29) is 43.4 Å². The van der Waals surface area contributed by atoms with Gasteiger partial charge in [-0.15, -0.1) is 0 Å². The van der Waals surface area contributed by atoms with E-state index in [0.717, 1.165) is 10.1 Å². The van der Waals surface area contributed by atoms with E-state index in [9.17, 15) is 23.5 Å².